The van der Waals surface area contributed by atoms with Crippen molar-refractivity contribution in [2.24, 2.45) is 0 Å². The normalized spacial score (nSPS) is 14.3. The Hall–Kier alpha value is -1.70. The molecule has 1 aliphatic heterocycles. The molecule has 3 rings (SSSR count). The fourth-order valence-corrected chi connectivity index (χ4v) is 3.17. The van der Waals surface area contributed by atoms with Crippen molar-refractivity contribution in [3.8, 4) is 0 Å². The largest absolute Gasteiger partial charge is 0.394 e. The summed E-state index contributed by atoms with van der Waals surface area (Å²) in [6.45, 7) is 3.02. The third kappa shape index (κ3) is 3.31. The van der Waals surface area contributed by atoms with Crippen LogP contribution in [0.15, 0.2) is 23.7 Å². The smallest absolute Gasteiger partial charge is 0.234 e. The van der Waals surface area contributed by atoms with E-state index in [0.29, 0.717) is 26.2 Å². The molecule has 0 unspecified atom stereocenters. The molecule has 0 bridgehead atoms. The zero-order valence-electron chi connectivity index (χ0n) is 11.7. The van der Waals surface area contributed by atoms with Crippen molar-refractivity contribution in [1.29, 1.82) is 0 Å². The first-order valence-electron chi connectivity index (χ1n) is 6.92. The second kappa shape index (κ2) is 6.38. The minimum absolute atomic E-state index is 0.0372. The van der Waals surface area contributed by atoms with Gasteiger partial charge in [-0.3, -0.25) is 14.4 Å². The number of aliphatic hydroxyl groups excluding tert-OH is 1. The van der Waals surface area contributed by atoms with E-state index in [0.717, 1.165) is 22.7 Å². The lowest BCUT2D eigenvalue weighted by Gasteiger charge is -2.15. The number of nitrogens with one attached hydrogen (secondary N) is 1. The molecule has 0 saturated carbocycles. The van der Waals surface area contributed by atoms with Gasteiger partial charge in [0.2, 0.25) is 5.91 Å². The summed E-state index contributed by atoms with van der Waals surface area (Å²) in [7, 11) is 0. The molecule has 2 aromatic rings. The minimum Gasteiger partial charge on any atom is -0.394 e. The Labute approximate surface area is 127 Å². The van der Waals surface area contributed by atoms with Gasteiger partial charge < -0.3 is 10.4 Å². The zero-order chi connectivity index (χ0) is 14.7. The van der Waals surface area contributed by atoms with E-state index in [9.17, 15) is 4.79 Å². The van der Waals surface area contributed by atoms with Crippen LogP contribution in [-0.4, -0.2) is 38.8 Å². The molecule has 0 aliphatic carbocycles. The molecule has 0 aromatic carbocycles. The van der Waals surface area contributed by atoms with Crippen molar-refractivity contribution in [2.45, 2.75) is 26.2 Å². The number of carbonyl (C=O) groups is 1. The number of nitrogens with zero attached hydrogens (tertiary/aromatic N) is 3. The summed E-state index contributed by atoms with van der Waals surface area (Å²) in [5, 5.41) is 18.2. The molecule has 0 fully saturated rings. The van der Waals surface area contributed by atoms with Gasteiger partial charge in [0, 0.05) is 23.5 Å². The Morgan fingerprint density at radius 2 is 2.38 bits per heavy atom. The fraction of sp³-hybridized carbons (Fsp3) is 0.429. The molecule has 7 heteroatoms. The van der Waals surface area contributed by atoms with Crippen LogP contribution in [0, 0.1) is 0 Å². The number of thiophene rings is 1. The predicted molar refractivity (Wildman–Crippen MR) is 79.6 cm³/mol. The number of amides is 1. The molecule has 3 heterocycles. The molecule has 6 nitrogen and oxygen atoms in total. The molecular formula is C14H18N4O2S. The van der Waals surface area contributed by atoms with Crippen LogP contribution in [0.25, 0.3) is 0 Å². The van der Waals surface area contributed by atoms with Crippen LogP contribution >= 0.6 is 11.3 Å². The first kappa shape index (κ1) is 14.2. The molecule has 0 atom stereocenters. The van der Waals surface area contributed by atoms with Crippen molar-refractivity contribution < 1.29 is 9.90 Å². The topological polar surface area (TPSA) is 70.4 Å². The van der Waals surface area contributed by atoms with Gasteiger partial charge in [-0.15, -0.1) is 11.3 Å². The van der Waals surface area contributed by atoms with Gasteiger partial charge in [0.05, 0.1) is 38.1 Å². The van der Waals surface area contributed by atoms with Crippen molar-refractivity contribution in [3.63, 3.8) is 0 Å². The maximum absolute atomic E-state index is 12.0. The molecule has 0 radical (unpaired) electrons. The van der Waals surface area contributed by atoms with Crippen LogP contribution in [0.4, 0.5) is 0 Å². The lowest BCUT2D eigenvalue weighted by molar-refractivity contribution is -0.122. The quantitative estimate of drug-likeness (QED) is 0.818. The lowest BCUT2D eigenvalue weighted by Crippen LogP contribution is -2.34. The van der Waals surface area contributed by atoms with E-state index in [4.69, 9.17) is 5.11 Å². The molecular weight excluding hydrogens is 288 g/mol. The van der Waals surface area contributed by atoms with Crippen molar-refractivity contribution >= 4 is 17.2 Å². The van der Waals surface area contributed by atoms with Gasteiger partial charge in [0.1, 0.15) is 0 Å². The van der Waals surface area contributed by atoms with Crippen molar-refractivity contribution in [3.05, 3.63) is 39.8 Å². The number of hydrogen-bond acceptors (Lipinski definition) is 5. The summed E-state index contributed by atoms with van der Waals surface area (Å²) < 4.78 is 1.82. The van der Waals surface area contributed by atoms with Gasteiger partial charge in [-0.25, -0.2) is 0 Å². The molecule has 2 N–H and O–H groups in total. The highest BCUT2D eigenvalue weighted by molar-refractivity contribution is 7.09. The standard InChI is InChI=1S/C14H18N4O2S/c19-4-3-18-13-9-17(8-11(13)6-16-18)10-14(20)15-7-12-2-1-5-21-12/h1-2,5-6,19H,3-4,7-10H2,(H,15,20). The van der Waals surface area contributed by atoms with Crippen LogP contribution < -0.4 is 5.32 Å². The molecule has 0 saturated heterocycles. The highest BCUT2D eigenvalue weighted by Gasteiger charge is 2.24. The van der Waals surface area contributed by atoms with Gasteiger partial charge in [0.15, 0.2) is 0 Å². The van der Waals surface area contributed by atoms with E-state index in [1.54, 1.807) is 11.3 Å². The van der Waals surface area contributed by atoms with Crippen LogP contribution in [-0.2, 0) is 31.0 Å². The summed E-state index contributed by atoms with van der Waals surface area (Å²) in [6, 6.07) is 4.00. The predicted octanol–water partition coefficient (Wildman–Crippen LogP) is 0.569. The third-order valence-electron chi connectivity index (χ3n) is 3.52. The highest BCUT2D eigenvalue weighted by Crippen LogP contribution is 2.21. The maximum atomic E-state index is 12.0. The third-order valence-corrected chi connectivity index (χ3v) is 4.40. The summed E-state index contributed by atoms with van der Waals surface area (Å²) in [4.78, 5) is 15.2. The minimum atomic E-state index is 0.0372. The van der Waals surface area contributed by atoms with Crippen LogP contribution in [0.1, 0.15) is 16.1 Å². The number of fused-ring (bicyclic) bond motifs is 1. The molecule has 1 aliphatic rings. The SMILES string of the molecule is O=C(CN1Cc2cnn(CCO)c2C1)NCc1cccs1. The number of rotatable bonds is 6. The van der Waals surface area contributed by atoms with Gasteiger partial charge in [0.25, 0.3) is 0 Å². The average Bonchev–Trinajstić information content (AvgIpc) is 3.15. The van der Waals surface area contributed by atoms with E-state index in [-0.39, 0.29) is 12.5 Å². The van der Waals surface area contributed by atoms with Gasteiger partial charge in [-0.2, -0.15) is 5.10 Å². The van der Waals surface area contributed by atoms with E-state index in [2.05, 4.69) is 15.3 Å². The Morgan fingerprint density at radius 3 is 3.14 bits per heavy atom. The fourth-order valence-electron chi connectivity index (χ4n) is 2.53. The number of carbonyl (C=O) groups excluding carboxylic acids is 1. The Kier molecular flexibility index (Phi) is 4.33. The number of aliphatic hydroxyl groups is 1. The second-order valence-corrected chi connectivity index (χ2v) is 6.10. The van der Waals surface area contributed by atoms with Crippen LogP contribution in [0.5, 0.6) is 0 Å². The van der Waals surface area contributed by atoms with Gasteiger partial charge >= 0.3 is 0 Å². The van der Waals surface area contributed by atoms with Gasteiger partial charge in [-0.05, 0) is 11.4 Å². The highest BCUT2D eigenvalue weighted by atomic mass is 32.1. The van der Waals surface area contributed by atoms with E-state index in [1.807, 2.05) is 28.4 Å². The molecule has 21 heavy (non-hydrogen) atoms. The van der Waals surface area contributed by atoms with E-state index < -0.39 is 0 Å². The summed E-state index contributed by atoms with van der Waals surface area (Å²) >= 11 is 1.64. The summed E-state index contributed by atoms with van der Waals surface area (Å²) in [5.74, 6) is 0.0372. The Morgan fingerprint density at radius 1 is 1.48 bits per heavy atom. The molecule has 112 valence electrons. The van der Waals surface area contributed by atoms with Crippen molar-refractivity contribution in [2.75, 3.05) is 13.2 Å². The second-order valence-electron chi connectivity index (χ2n) is 5.06. The van der Waals surface area contributed by atoms with Gasteiger partial charge in [-0.1, -0.05) is 6.07 Å². The molecule has 2 aromatic heterocycles. The van der Waals surface area contributed by atoms with E-state index in [1.165, 1.54) is 0 Å². The van der Waals surface area contributed by atoms with Crippen LogP contribution in [0.3, 0.4) is 0 Å². The first-order chi connectivity index (χ1) is 10.3. The number of aromatic nitrogens is 2. The maximum Gasteiger partial charge on any atom is 0.234 e. The zero-order valence-corrected chi connectivity index (χ0v) is 12.5. The summed E-state index contributed by atoms with van der Waals surface area (Å²) in [5.41, 5.74) is 2.25. The monoisotopic (exact) mass is 306 g/mol. The van der Waals surface area contributed by atoms with Crippen LogP contribution in [0.2, 0.25) is 0 Å². The van der Waals surface area contributed by atoms with E-state index >= 15 is 0 Å². The number of hydrogen-bond donors (Lipinski definition) is 2. The molecule has 1 amide bonds. The average molecular weight is 306 g/mol. The Balaban J connectivity index is 1.49. The van der Waals surface area contributed by atoms with Crippen molar-refractivity contribution in [1.82, 2.24) is 20.0 Å². The first-order valence-corrected chi connectivity index (χ1v) is 7.80. The summed E-state index contributed by atoms with van der Waals surface area (Å²) in [6.07, 6.45) is 1.83. The Bertz CT molecular complexity index is 609. The molecule has 0 spiro atoms. The lowest BCUT2D eigenvalue weighted by atomic mass is 10.3.